The predicted molar refractivity (Wildman–Crippen MR) is 225 cm³/mol. The van der Waals surface area contributed by atoms with Crippen molar-refractivity contribution in [3.05, 3.63) is 187 Å². The standard InChI is InChI=1S/C51H35N3/c1-51(2)46-28-33(32-10-9-11-37(27-32)54-49-16-7-5-14-44(49)45-15-6-8-17-50(45)54)18-21-42(46)43-22-19-35(29-47(43)51)39-24-23-38(40-12-3-4-13-41(39)40)34-20-25-48-36(26-34)30-52-31-53-48/h3-31H,1-2H3. The second-order valence-electron chi connectivity index (χ2n) is 15.1. The largest absolute Gasteiger partial charge is 0.309 e. The Hall–Kier alpha value is -6.84. The fraction of sp³-hybridized carbons (Fsp3) is 0.0588. The van der Waals surface area contributed by atoms with Gasteiger partial charge in [-0.15, -0.1) is 0 Å². The summed E-state index contributed by atoms with van der Waals surface area (Å²) in [6.45, 7) is 4.76. The molecule has 0 amide bonds. The number of aromatic nitrogens is 3. The molecule has 1 aliphatic carbocycles. The van der Waals surface area contributed by atoms with Crippen LogP contribution >= 0.6 is 0 Å². The molecule has 1 aliphatic rings. The fourth-order valence-corrected chi connectivity index (χ4v) is 9.06. The van der Waals surface area contributed by atoms with Crippen molar-refractivity contribution in [3.8, 4) is 50.2 Å². The second kappa shape index (κ2) is 11.6. The first-order valence-electron chi connectivity index (χ1n) is 18.6. The Balaban J connectivity index is 0.981. The number of rotatable bonds is 4. The Morgan fingerprint density at radius 2 is 0.981 bits per heavy atom. The smallest absolute Gasteiger partial charge is 0.116 e. The molecule has 54 heavy (non-hydrogen) atoms. The molecule has 10 aromatic rings. The summed E-state index contributed by atoms with van der Waals surface area (Å²) in [6, 6.07) is 60.4. The molecule has 0 bridgehead atoms. The van der Waals surface area contributed by atoms with Crippen molar-refractivity contribution in [1.82, 2.24) is 14.5 Å². The van der Waals surface area contributed by atoms with E-state index >= 15 is 0 Å². The lowest BCUT2D eigenvalue weighted by atomic mass is 9.80. The normalized spacial score (nSPS) is 13.1. The van der Waals surface area contributed by atoms with Crippen LogP contribution in [0.3, 0.4) is 0 Å². The molecule has 0 atom stereocenters. The van der Waals surface area contributed by atoms with Gasteiger partial charge in [-0.3, -0.25) is 0 Å². The summed E-state index contributed by atoms with van der Waals surface area (Å²) in [5.74, 6) is 0. The van der Waals surface area contributed by atoms with E-state index in [0.717, 1.165) is 10.9 Å². The van der Waals surface area contributed by atoms with Crippen LogP contribution in [-0.2, 0) is 5.41 Å². The maximum atomic E-state index is 4.43. The summed E-state index contributed by atoms with van der Waals surface area (Å²) in [7, 11) is 0. The van der Waals surface area contributed by atoms with E-state index in [1.54, 1.807) is 6.33 Å². The average Bonchev–Trinajstić information content (AvgIpc) is 3.68. The molecule has 0 saturated heterocycles. The molecule has 0 N–H and O–H groups in total. The van der Waals surface area contributed by atoms with E-state index in [-0.39, 0.29) is 5.41 Å². The van der Waals surface area contributed by atoms with E-state index in [1.165, 1.54) is 93.9 Å². The molecule has 254 valence electrons. The summed E-state index contributed by atoms with van der Waals surface area (Å²) in [5, 5.41) is 6.08. The molecular weight excluding hydrogens is 655 g/mol. The van der Waals surface area contributed by atoms with Gasteiger partial charge in [-0.25, -0.2) is 9.97 Å². The number of fused-ring (bicyclic) bond motifs is 8. The number of para-hydroxylation sites is 2. The molecule has 0 radical (unpaired) electrons. The van der Waals surface area contributed by atoms with Crippen molar-refractivity contribution in [2.75, 3.05) is 0 Å². The monoisotopic (exact) mass is 689 g/mol. The third-order valence-corrected chi connectivity index (χ3v) is 11.7. The molecular formula is C51H35N3. The molecule has 3 nitrogen and oxygen atoms in total. The van der Waals surface area contributed by atoms with E-state index < -0.39 is 0 Å². The fourth-order valence-electron chi connectivity index (χ4n) is 9.06. The van der Waals surface area contributed by atoms with Gasteiger partial charge in [0, 0.05) is 33.5 Å². The molecule has 0 spiro atoms. The van der Waals surface area contributed by atoms with Crippen molar-refractivity contribution >= 4 is 43.5 Å². The summed E-state index contributed by atoms with van der Waals surface area (Å²) < 4.78 is 2.40. The third-order valence-electron chi connectivity index (χ3n) is 11.7. The lowest BCUT2D eigenvalue weighted by Crippen LogP contribution is -2.15. The first-order valence-corrected chi connectivity index (χ1v) is 18.6. The van der Waals surface area contributed by atoms with Gasteiger partial charge < -0.3 is 4.57 Å². The SMILES string of the molecule is CC1(C)c2cc(-c3cccc(-n4c5ccccc5c5ccccc54)c3)ccc2-c2ccc(-c3ccc(-c4ccc5ncncc5c4)c4ccccc34)cc21. The van der Waals surface area contributed by atoms with Crippen molar-refractivity contribution < 1.29 is 0 Å². The topological polar surface area (TPSA) is 30.7 Å². The van der Waals surface area contributed by atoms with Crippen LogP contribution in [0.2, 0.25) is 0 Å². The summed E-state index contributed by atoms with van der Waals surface area (Å²) in [5.41, 5.74) is 17.1. The van der Waals surface area contributed by atoms with Gasteiger partial charge in [0.1, 0.15) is 6.33 Å². The maximum Gasteiger partial charge on any atom is 0.116 e. The van der Waals surface area contributed by atoms with Crippen LogP contribution in [-0.4, -0.2) is 14.5 Å². The number of hydrogen-bond acceptors (Lipinski definition) is 2. The van der Waals surface area contributed by atoms with Crippen LogP contribution in [0.15, 0.2) is 176 Å². The van der Waals surface area contributed by atoms with Gasteiger partial charge in [0.15, 0.2) is 0 Å². The van der Waals surface area contributed by atoms with E-state index in [1.807, 2.05) is 6.20 Å². The molecule has 0 fully saturated rings. The van der Waals surface area contributed by atoms with E-state index in [2.05, 4.69) is 192 Å². The number of nitrogens with zero attached hydrogens (tertiary/aromatic N) is 3. The zero-order chi connectivity index (χ0) is 36.0. The van der Waals surface area contributed by atoms with Gasteiger partial charge in [0.05, 0.1) is 16.6 Å². The van der Waals surface area contributed by atoms with Gasteiger partial charge in [-0.1, -0.05) is 129 Å². The number of benzene rings is 8. The minimum absolute atomic E-state index is 0.163. The molecule has 11 rings (SSSR count). The van der Waals surface area contributed by atoms with E-state index in [9.17, 15) is 0 Å². The Morgan fingerprint density at radius 1 is 0.444 bits per heavy atom. The highest BCUT2D eigenvalue weighted by molar-refractivity contribution is 6.09. The second-order valence-corrected chi connectivity index (χ2v) is 15.1. The van der Waals surface area contributed by atoms with Gasteiger partial charge >= 0.3 is 0 Å². The molecule has 0 aliphatic heterocycles. The summed E-state index contributed by atoms with van der Waals surface area (Å²) in [6.07, 6.45) is 3.49. The van der Waals surface area contributed by atoms with Crippen molar-refractivity contribution in [1.29, 1.82) is 0 Å². The molecule has 2 heterocycles. The lowest BCUT2D eigenvalue weighted by molar-refractivity contribution is 0.661. The van der Waals surface area contributed by atoms with Crippen LogP contribution in [0.25, 0.3) is 93.7 Å². The Kier molecular flexibility index (Phi) is 6.60. The van der Waals surface area contributed by atoms with E-state index in [4.69, 9.17) is 0 Å². The maximum absolute atomic E-state index is 4.43. The minimum atomic E-state index is -0.163. The van der Waals surface area contributed by atoms with Gasteiger partial charge in [0.2, 0.25) is 0 Å². The van der Waals surface area contributed by atoms with Crippen LogP contribution in [0.4, 0.5) is 0 Å². The Bertz CT molecular complexity index is 3090. The summed E-state index contributed by atoms with van der Waals surface area (Å²) >= 11 is 0. The van der Waals surface area contributed by atoms with Crippen LogP contribution < -0.4 is 0 Å². The molecule has 8 aromatic carbocycles. The predicted octanol–water partition coefficient (Wildman–Crippen LogP) is 13.2. The lowest BCUT2D eigenvalue weighted by Gasteiger charge is -2.23. The molecule has 0 unspecified atom stereocenters. The summed E-state index contributed by atoms with van der Waals surface area (Å²) in [4.78, 5) is 8.68. The van der Waals surface area contributed by atoms with Crippen molar-refractivity contribution in [2.45, 2.75) is 19.3 Å². The first-order chi connectivity index (χ1) is 26.5. The Morgan fingerprint density at radius 3 is 1.67 bits per heavy atom. The van der Waals surface area contributed by atoms with Gasteiger partial charge in [-0.2, -0.15) is 0 Å². The molecule has 2 aromatic heterocycles. The quantitative estimate of drug-likeness (QED) is 0.184. The van der Waals surface area contributed by atoms with Crippen molar-refractivity contribution in [2.24, 2.45) is 0 Å². The highest BCUT2D eigenvalue weighted by Crippen LogP contribution is 2.51. The molecule has 0 saturated carbocycles. The highest BCUT2D eigenvalue weighted by Gasteiger charge is 2.36. The van der Waals surface area contributed by atoms with Gasteiger partial charge in [0.25, 0.3) is 0 Å². The Labute approximate surface area is 313 Å². The first kappa shape index (κ1) is 30.8. The van der Waals surface area contributed by atoms with Gasteiger partial charge in [-0.05, 0) is 115 Å². The highest BCUT2D eigenvalue weighted by atomic mass is 15.0. The zero-order valence-electron chi connectivity index (χ0n) is 30.1. The molecule has 3 heteroatoms. The average molecular weight is 690 g/mol. The van der Waals surface area contributed by atoms with Crippen LogP contribution in [0.1, 0.15) is 25.0 Å². The third kappa shape index (κ3) is 4.55. The van der Waals surface area contributed by atoms with Crippen molar-refractivity contribution in [3.63, 3.8) is 0 Å². The zero-order valence-corrected chi connectivity index (χ0v) is 30.1. The van der Waals surface area contributed by atoms with Crippen LogP contribution in [0, 0.1) is 0 Å². The van der Waals surface area contributed by atoms with Crippen LogP contribution in [0.5, 0.6) is 0 Å². The number of hydrogen-bond donors (Lipinski definition) is 0. The minimum Gasteiger partial charge on any atom is -0.309 e. The van der Waals surface area contributed by atoms with E-state index in [0.29, 0.717) is 0 Å².